The lowest BCUT2D eigenvalue weighted by atomic mass is 9.98. The molecule has 1 fully saturated rings. The first-order chi connectivity index (χ1) is 15.5. The molecule has 2 aromatic carbocycles. The molecule has 0 spiro atoms. The van der Waals surface area contributed by atoms with E-state index < -0.39 is 0 Å². The second-order valence-corrected chi connectivity index (χ2v) is 8.60. The third-order valence-corrected chi connectivity index (χ3v) is 6.57. The van der Waals surface area contributed by atoms with Crippen LogP contribution in [0, 0.1) is 0 Å². The van der Waals surface area contributed by atoms with Crippen molar-refractivity contribution in [1.82, 2.24) is 15.2 Å². The second kappa shape index (κ2) is 9.82. The van der Waals surface area contributed by atoms with E-state index in [9.17, 15) is 14.7 Å². The first-order valence-corrected chi connectivity index (χ1v) is 11.6. The van der Waals surface area contributed by atoms with Gasteiger partial charge >= 0.3 is 6.03 Å². The molecular formula is C24H26N4O3S. The van der Waals surface area contributed by atoms with Gasteiger partial charge in [-0.3, -0.25) is 4.79 Å². The molecule has 0 unspecified atom stereocenters. The molecule has 166 valence electrons. The Labute approximate surface area is 191 Å². The number of piperidine rings is 1. The van der Waals surface area contributed by atoms with Crippen molar-refractivity contribution in [3.8, 4) is 16.9 Å². The summed E-state index contributed by atoms with van der Waals surface area (Å²) in [5, 5.41) is 18.1. The third-order valence-electron chi connectivity index (χ3n) is 5.57. The monoisotopic (exact) mass is 450 g/mol. The highest BCUT2D eigenvalue weighted by atomic mass is 32.1. The van der Waals surface area contributed by atoms with Crippen molar-refractivity contribution in [2.24, 2.45) is 0 Å². The van der Waals surface area contributed by atoms with E-state index in [-0.39, 0.29) is 23.6 Å². The molecule has 3 aromatic rings. The summed E-state index contributed by atoms with van der Waals surface area (Å²) in [7, 11) is 0. The summed E-state index contributed by atoms with van der Waals surface area (Å²) in [6, 6.07) is 14.4. The number of benzene rings is 2. The minimum atomic E-state index is -0.251. The summed E-state index contributed by atoms with van der Waals surface area (Å²) in [6.45, 7) is 3.92. The molecule has 0 radical (unpaired) electrons. The van der Waals surface area contributed by atoms with Gasteiger partial charge in [0, 0.05) is 42.2 Å². The largest absolute Gasteiger partial charge is 0.508 e. The Bertz CT molecular complexity index is 1090. The number of hydrogen-bond donors (Lipinski definition) is 3. The van der Waals surface area contributed by atoms with Gasteiger partial charge in [-0.2, -0.15) is 0 Å². The summed E-state index contributed by atoms with van der Waals surface area (Å²) < 4.78 is 0. The zero-order chi connectivity index (χ0) is 22.5. The summed E-state index contributed by atoms with van der Waals surface area (Å²) in [4.78, 5) is 31.3. The third kappa shape index (κ3) is 4.91. The van der Waals surface area contributed by atoms with E-state index in [2.05, 4.69) is 15.6 Å². The summed E-state index contributed by atoms with van der Waals surface area (Å²) in [6.07, 6.45) is 1.69. The molecule has 3 N–H and O–H groups in total. The number of phenols is 1. The van der Waals surface area contributed by atoms with E-state index in [1.54, 1.807) is 17.5 Å². The highest BCUT2D eigenvalue weighted by Crippen LogP contribution is 2.32. The fourth-order valence-corrected chi connectivity index (χ4v) is 4.81. The number of likely N-dealkylation sites (tertiary alicyclic amines) is 1. The summed E-state index contributed by atoms with van der Waals surface area (Å²) in [5.41, 5.74) is 2.86. The van der Waals surface area contributed by atoms with Crippen molar-refractivity contribution >= 4 is 29.0 Å². The first kappa shape index (κ1) is 21.8. The van der Waals surface area contributed by atoms with Gasteiger partial charge in [0.15, 0.2) is 0 Å². The smallest absolute Gasteiger partial charge is 0.317 e. The average molecular weight is 451 g/mol. The van der Waals surface area contributed by atoms with Crippen LogP contribution in [0.15, 0.2) is 53.9 Å². The molecule has 8 heteroatoms. The second-order valence-electron chi connectivity index (χ2n) is 7.71. The number of anilines is 1. The van der Waals surface area contributed by atoms with Gasteiger partial charge in [0.1, 0.15) is 11.4 Å². The van der Waals surface area contributed by atoms with Gasteiger partial charge < -0.3 is 20.6 Å². The molecule has 1 aromatic heterocycles. The van der Waals surface area contributed by atoms with Gasteiger partial charge in [0.05, 0.1) is 5.01 Å². The van der Waals surface area contributed by atoms with E-state index in [1.165, 1.54) is 11.3 Å². The van der Waals surface area contributed by atoms with Crippen LogP contribution < -0.4 is 10.6 Å². The number of carbonyl (C=O) groups is 2. The Kier molecular flexibility index (Phi) is 6.70. The predicted molar refractivity (Wildman–Crippen MR) is 126 cm³/mol. The normalized spacial score (nSPS) is 14.2. The van der Waals surface area contributed by atoms with Crippen LogP contribution in [0.1, 0.15) is 41.2 Å². The Morgan fingerprint density at radius 1 is 1.12 bits per heavy atom. The molecule has 32 heavy (non-hydrogen) atoms. The molecule has 2 heterocycles. The van der Waals surface area contributed by atoms with Gasteiger partial charge in [-0.1, -0.05) is 30.3 Å². The van der Waals surface area contributed by atoms with Crippen molar-refractivity contribution in [3.63, 3.8) is 0 Å². The predicted octanol–water partition coefficient (Wildman–Crippen LogP) is 4.68. The number of aromatic nitrogens is 1. The molecule has 4 rings (SSSR count). The van der Waals surface area contributed by atoms with Gasteiger partial charge in [-0.15, -0.1) is 11.3 Å². The van der Waals surface area contributed by atoms with Crippen LogP contribution in [0.2, 0.25) is 0 Å². The fourth-order valence-electron chi connectivity index (χ4n) is 3.84. The molecule has 1 saturated heterocycles. The zero-order valence-corrected chi connectivity index (χ0v) is 18.7. The number of nitrogens with zero attached hydrogens (tertiary/aromatic N) is 2. The van der Waals surface area contributed by atoms with Gasteiger partial charge in [-0.05, 0) is 43.5 Å². The van der Waals surface area contributed by atoms with Gasteiger partial charge in [-0.25, -0.2) is 9.78 Å². The number of aromatic hydroxyl groups is 1. The van der Waals surface area contributed by atoms with E-state index in [4.69, 9.17) is 0 Å². The van der Waals surface area contributed by atoms with E-state index in [0.29, 0.717) is 31.0 Å². The number of thiazole rings is 1. The molecule has 3 amide bonds. The Balaban J connectivity index is 1.42. The molecule has 0 bridgehead atoms. The number of nitrogens with one attached hydrogen (secondary N) is 2. The Morgan fingerprint density at radius 2 is 1.84 bits per heavy atom. The number of para-hydroxylation sites is 1. The maximum Gasteiger partial charge on any atom is 0.317 e. The topological polar surface area (TPSA) is 94.6 Å². The number of urea groups is 1. The van der Waals surface area contributed by atoms with Crippen LogP contribution in [0.5, 0.6) is 5.75 Å². The number of carbonyl (C=O) groups excluding carboxylic acids is 2. The van der Waals surface area contributed by atoms with Crippen LogP contribution in [0.4, 0.5) is 10.5 Å². The van der Waals surface area contributed by atoms with Crippen LogP contribution in [0.3, 0.4) is 0 Å². The highest BCUT2D eigenvalue weighted by Gasteiger charge is 2.26. The van der Waals surface area contributed by atoms with Crippen molar-refractivity contribution in [2.45, 2.75) is 25.7 Å². The van der Waals surface area contributed by atoms with Crippen molar-refractivity contribution in [3.05, 3.63) is 64.6 Å². The van der Waals surface area contributed by atoms with Crippen molar-refractivity contribution in [2.75, 3.05) is 25.0 Å². The molecule has 1 aliphatic heterocycles. The standard InChI is InChI=1S/C24H26N4O3S/c1-2-25-24(31)28-13-11-17(12-14-28)23-27-21(15-32-23)22(30)26-20-6-4-3-5-19(20)16-7-9-18(29)10-8-16/h3-10,15,17,29H,2,11-14H2,1H3,(H,25,31)(H,26,30). The average Bonchev–Trinajstić information content (AvgIpc) is 3.31. The maximum absolute atomic E-state index is 12.9. The van der Waals surface area contributed by atoms with Crippen LogP contribution >= 0.6 is 11.3 Å². The zero-order valence-electron chi connectivity index (χ0n) is 17.9. The highest BCUT2D eigenvalue weighted by molar-refractivity contribution is 7.10. The molecule has 7 nitrogen and oxygen atoms in total. The molecule has 0 saturated carbocycles. The van der Waals surface area contributed by atoms with E-state index >= 15 is 0 Å². The van der Waals surface area contributed by atoms with Crippen LogP contribution in [0.25, 0.3) is 11.1 Å². The van der Waals surface area contributed by atoms with Crippen molar-refractivity contribution < 1.29 is 14.7 Å². The van der Waals surface area contributed by atoms with Crippen LogP contribution in [-0.2, 0) is 0 Å². The van der Waals surface area contributed by atoms with Crippen molar-refractivity contribution in [1.29, 1.82) is 0 Å². The molecule has 1 aliphatic rings. The Hall–Kier alpha value is -3.39. The summed E-state index contributed by atoms with van der Waals surface area (Å²) in [5.74, 6) is 0.206. The van der Waals surface area contributed by atoms with E-state index in [1.807, 2.05) is 48.2 Å². The van der Waals surface area contributed by atoms with Crippen LogP contribution in [-0.4, -0.2) is 46.6 Å². The lowest BCUT2D eigenvalue weighted by Crippen LogP contribution is -2.44. The number of rotatable bonds is 5. The fraction of sp³-hybridized carbons (Fsp3) is 0.292. The molecular weight excluding hydrogens is 424 g/mol. The lowest BCUT2D eigenvalue weighted by Gasteiger charge is -2.31. The first-order valence-electron chi connectivity index (χ1n) is 10.7. The molecule has 0 atom stereocenters. The van der Waals surface area contributed by atoms with Gasteiger partial charge in [0.2, 0.25) is 0 Å². The number of hydrogen-bond acceptors (Lipinski definition) is 5. The number of phenolic OH excluding ortho intramolecular Hbond substituents is 1. The number of amides is 3. The SMILES string of the molecule is CCNC(=O)N1CCC(c2nc(C(=O)Nc3ccccc3-c3ccc(O)cc3)cs2)CC1. The summed E-state index contributed by atoms with van der Waals surface area (Å²) >= 11 is 1.50. The minimum absolute atomic E-state index is 0.0163. The quantitative estimate of drug-likeness (QED) is 0.526. The lowest BCUT2D eigenvalue weighted by molar-refractivity contribution is 0.102. The Morgan fingerprint density at radius 3 is 2.56 bits per heavy atom. The van der Waals surface area contributed by atoms with E-state index in [0.717, 1.165) is 29.0 Å². The maximum atomic E-state index is 12.9. The molecule has 0 aliphatic carbocycles. The minimum Gasteiger partial charge on any atom is -0.508 e. The van der Waals surface area contributed by atoms with Gasteiger partial charge in [0.25, 0.3) is 5.91 Å².